The number of benzene rings is 2. The van der Waals surface area contributed by atoms with Crippen molar-refractivity contribution >= 4 is 34.1 Å². The van der Waals surface area contributed by atoms with Gasteiger partial charge in [0.15, 0.2) is 5.13 Å². The number of aryl methyl sites for hydroxylation is 1. The van der Waals surface area contributed by atoms with Gasteiger partial charge < -0.3 is 20.7 Å². The first kappa shape index (κ1) is 23.3. The maximum atomic E-state index is 12.3. The zero-order chi connectivity index (χ0) is 22.8. The van der Waals surface area contributed by atoms with Gasteiger partial charge >= 0.3 is 6.03 Å². The van der Waals surface area contributed by atoms with E-state index in [1.807, 2.05) is 53.9 Å². The molecule has 0 aliphatic carbocycles. The van der Waals surface area contributed by atoms with Crippen LogP contribution < -0.4 is 20.7 Å². The summed E-state index contributed by atoms with van der Waals surface area (Å²) >= 11 is 1.40. The number of rotatable bonds is 10. The Kier molecular flexibility index (Phi) is 8.62. The number of carbonyl (C=O) groups is 2. The van der Waals surface area contributed by atoms with Gasteiger partial charge in [0, 0.05) is 29.6 Å². The molecule has 3 N–H and O–H groups in total. The van der Waals surface area contributed by atoms with Crippen molar-refractivity contribution in [3.63, 3.8) is 0 Å². The average molecular weight is 453 g/mol. The molecule has 0 aliphatic rings. The molecule has 168 valence electrons. The van der Waals surface area contributed by atoms with Crippen molar-refractivity contribution in [2.45, 2.75) is 32.6 Å². The van der Waals surface area contributed by atoms with E-state index in [1.165, 1.54) is 11.3 Å². The molecule has 0 bridgehead atoms. The van der Waals surface area contributed by atoms with Crippen LogP contribution in [0.1, 0.15) is 31.7 Å². The fourth-order valence-corrected chi connectivity index (χ4v) is 3.71. The molecule has 0 atom stereocenters. The summed E-state index contributed by atoms with van der Waals surface area (Å²) in [5, 5.41) is 11.0. The fourth-order valence-electron chi connectivity index (χ4n) is 2.97. The van der Waals surface area contributed by atoms with Crippen LogP contribution in [0, 0.1) is 0 Å². The summed E-state index contributed by atoms with van der Waals surface area (Å²) < 4.78 is 5.17. The maximum Gasteiger partial charge on any atom is 0.319 e. The lowest BCUT2D eigenvalue weighted by Gasteiger charge is -2.08. The minimum Gasteiger partial charge on any atom is -0.497 e. The van der Waals surface area contributed by atoms with Crippen molar-refractivity contribution in [2.75, 3.05) is 24.3 Å². The third-order valence-electron chi connectivity index (χ3n) is 4.80. The molecule has 3 rings (SSSR count). The highest BCUT2D eigenvalue weighted by atomic mass is 32.1. The van der Waals surface area contributed by atoms with Crippen LogP contribution in [0.4, 0.5) is 15.6 Å². The van der Waals surface area contributed by atoms with Gasteiger partial charge in [-0.3, -0.25) is 4.79 Å². The molecule has 32 heavy (non-hydrogen) atoms. The number of unbranched alkanes of at least 4 members (excludes halogenated alkanes) is 1. The standard InChI is InChI=1S/C24H28N4O3S/c1-3-4-15-25-23(30)26-19-10-5-17(6-11-19)7-14-22(29)28-24-27-21(16-32-24)18-8-12-20(31-2)13-9-18/h5-6,8-13,16H,3-4,7,14-15H2,1-2H3,(H2,25,26,30)(H,27,28,29). The van der Waals surface area contributed by atoms with Crippen molar-refractivity contribution in [1.29, 1.82) is 0 Å². The number of methoxy groups -OCH3 is 1. The van der Waals surface area contributed by atoms with E-state index in [1.54, 1.807) is 7.11 Å². The molecule has 0 saturated heterocycles. The Morgan fingerprint density at radius 1 is 1.03 bits per heavy atom. The fraction of sp³-hybridized carbons (Fsp3) is 0.292. The minimum absolute atomic E-state index is 0.0851. The molecule has 7 nitrogen and oxygen atoms in total. The van der Waals surface area contributed by atoms with Crippen LogP contribution in [-0.2, 0) is 11.2 Å². The highest BCUT2D eigenvalue weighted by Gasteiger charge is 2.09. The molecule has 0 fully saturated rings. The highest BCUT2D eigenvalue weighted by Crippen LogP contribution is 2.26. The van der Waals surface area contributed by atoms with E-state index < -0.39 is 0 Å². The summed E-state index contributed by atoms with van der Waals surface area (Å²) in [5.74, 6) is 0.703. The summed E-state index contributed by atoms with van der Waals surface area (Å²) in [6, 6.07) is 14.9. The van der Waals surface area contributed by atoms with Crippen LogP contribution in [0.15, 0.2) is 53.9 Å². The second-order valence-corrected chi connectivity index (χ2v) is 8.10. The molecular formula is C24H28N4O3S. The molecule has 2 aromatic carbocycles. The highest BCUT2D eigenvalue weighted by molar-refractivity contribution is 7.14. The number of nitrogens with one attached hydrogen (secondary N) is 3. The number of thiazole rings is 1. The topological polar surface area (TPSA) is 92.4 Å². The summed E-state index contributed by atoms with van der Waals surface area (Å²) in [4.78, 5) is 28.6. The molecule has 1 aromatic heterocycles. The molecule has 0 spiro atoms. The number of ether oxygens (including phenoxy) is 1. The van der Waals surface area contributed by atoms with Crippen LogP contribution in [0.5, 0.6) is 5.75 Å². The van der Waals surface area contributed by atoms with Gasteiger partial charge in [0.2, 0.25) is 5.91 Å². The maximum absolute atomic E-state index is 12.3. The molecule has 0 radical (unpaired) electrons. The average Bonchev–Trinajstić information content (AvgIpc) is 3.27. The van der Waals surface area contributed by atoms with Gasteiger partial charge in [-0.15, -0.1) is 11.3 Å². The number of urea groups is 1. The van der Waals surface area contributed by atoms with Gasteiger partial charge in [0.05, 0.1) is 12.8 Å². The van der Waals surface area contributed by atoms with E-state index in [2.05, 4.69) is 27.9 Å². The monoisotopic (exact) mass is 452 g/mol. The van der Waals surface area contributed by atoms with Gasteiger partial charge in [-0.25, -0.2) is 9.78 Å². The smallest absolute Gasteiger partial charge is 0.319 e. The SMILES string of the molecule is CCCCNC(=O)Nc1ccc(CCC(=O)Nc2nc(-c3ccc(OC)cc3)cs2)cc1. The van der Waals surface area contributed by atoms with E-state index in [-0.39, 0.29) is 11.9 Å². The molecule has 0 aliphatic heterocycles. The second kappa shape index (κ2) is 11.9. The van der Waals surface area contributed by atoms with Gasteiger partial charge in [-0.2, -0.15) is 0 Å². The Bertz CT molecular complexity index is 1020. The van der Waals surface area contributed by atoms with E-state index in [0.717, 1.165) is 41.1 Å². The molecule has 3 aromatic rings. The first-order valence-electron chi connectivity index (χ1n) is 10.6. The lowest BCUT2D eigenvalue weighted by atomic mass is 10.1. The molecule has 1 heterocycles. The number of carbonyl (C=O) groups excluding carboxylic acids is 2. The van der Waals surface area contributed by atoms with Gasteiger partial charge in [0.25, 0.3) is 0 Å². The molecule has 8 heteroatoms. The summed E-state index contributed by atoms with van der Waals surface area (Å²) in [6.07, 6.45) is 2.94. The largest absolute Gasteiger partial charge is 0.497 e. The second-order valence-electron chi connectivity index (χ2n) is 7.25. The quantitative estimate of drug-likeness (QED) is 0.363. The summed E-state index contributed by atoms with van der Waals surface area (Å²) in [7, 11) is 1.63. The number of amides is 3. The number of aromatic nitrogens is 1. The van der Waals surface area contributed by atoms with E-state index in [9.17, 15) is 9.59 Å². The summed E-state index contributed by atoms with van der Waals surface area (Å²) in [5.41, 5.74) is 3.53. The molecule has 0 unspecified atom stereocenters. The van der Waals surface area contributed by atoms with Crippen LogP contribution in [-0.4, -0.2) is 30.6 Å². The first-order chi connectivity index (χ1) is 15.6. The predicted molar refractivity (Wildman–Crippen MR) is 129 cm³/mol. The Balaban J connectivity index is 1.44. The zero-order valence-corrected chi connectivity index (χ0v) is 19.1. The Morgan fingerprint density at radius 3 is 2.47 bits per heavy atom. The lowest BCUT2D eigenvalue weighted by molar-refractivity contribution is -0.116. The van der Waals surface area contributed by atoms with Crippen molar-refractivity contribution in [1.82, 2.24) is 10.3 Å². The van der Waals surface area contributed by atoms with Crippen molar-refractivity contribution in [3.8, 4) is 17.0 Å². The van der Waals surface area contributed by atoms with Gasteiger partial charge in [-0.05, 0) is 54.8 Å². The van der Waals surface area contributed by atoms with Gasteiger partial charge in [-0.1, -0.05) is 25.5 Å². The Morgan fingerprint density at radius 2 is 1.78 bits per heavy atom. The van der Waals surface area contributed by atoms with Crippen LogP contribution in [0.3, 0.4) is 0 Å². The minimum atomic E-state index is -0.206. The number of nitrogens with zero attached hydrogens (tertiary/aromatic N) is 1. The Labute approximate surface area is 192 Å². The Hall–Kier alpha value is -3.39. The first-order valence-corrected chi connectivity index (χ1v) is 11.5. The van der Waals surface area contributed by atoms with Crippen molar-refractivity contribution < 1.29 is 14.3 Å². The predicted octanol–water partition coefficient (Wildman–Crippen LogP) is 5.31. The molecular weight excluding hydrogens is 424 g/mol. The zero-order valence-electron chi connectivity index (χ0n) is 18.3. The molecule has 0 saturated carbocycles. The number of hydrogen-bond acceptors (Lipinski definition) is 5. The van der Waals surface area contributed by atoms with Crippen LogP contribution in [0.25, 0.3) is 11.3 Å². The molecule has 3 amide bonds. The number of hydrogen-bond donors (Lipinski definition) is 3. The van der Waals surface area contributed by atoms with Crippen LogP contribution >= 0.6 is 11.3 Å². The van der Waals surface area contributed by atoms with Crippen molar-refractivity contribution in [3.05, 3.63) is 59.5 Å². The van der Waals surface area contributed by atoms with E-state index in [0.29, 0.717) is 24.5 Å². The third kappa shape index (κ3) is 7.09. The number of anilines is 2. The normalized spacial score (nSPS) is 10.4. The van der Waals surface area contributed by atoms with E-state index >= 15 is 0 Å². The van der Waals surface area contributed by atoms with Gasteiger partial charge in [0.1, 0.15) is 5.75 Å². The van der Waals surface area contributed by atoms with E-state index in [4.69, 9.17) is 4.74 Å². The third-order valence-corrected chi connectivity index (χ3v) is 5.56. The van der Waals surface area contributed by atoms with Crippen LogP contribution in [0.2, 0.25) is 0 Å². The van der Waals surface area contributed by atoms with Crippen molar-refractivity contribution in [2.24, 2.45) is 0 Å². The lowest BCUT2D eigenvalue weighted by Crippen LogP contribution is -2.29. The summed E-state index contributed by atoms with van der Waals surface area (Å²) in [6.45, 7) is 2.74.